The Morgan fingerprint density at radius 2 is 2.05 bits per heavy atom. The number of aromatic carboxylic acids is 1. The maximum Gasteiger partial charge on any atom is 0.335 e. The molecule has 2 rings (SSSR count). The molecule has 122 valence electrons. The predicted molar refractivity (Wildman–Crippen MR) is 86.5 cm³/mol. The molecule has 0 radical (unpaired) electrons. The summed E-state index contributed by atoms with van der Waals surface area (Å²) in [4.78, 5) is 10.9. The number of benzene rings is 1. The van der Waals surface area contributed by atoms with Gasteiger partial charge in [0.2, 0.25) is 0 Å². The first-order valence-corrected chi connectivity index (χ1v) is 10.3. The number of carbonyl (C=O) groups is 1. The van der Waals surface area contributed by atoms with Crippen LogP contribution in [-0.2, 0) is 4.43 Å². The SMILES string of the molecule is CC(C)(C)[Si](C)(C)OCC1COc2cc(C(=O)O)ccc2O1. The van der Waals surface area contributed by atoms with Crippen molar-refractivity contribution in [2.75, 3.05) is 13.2 Å². The van der Waals surface area contributed by atoms with Gasteiger partial charge < -0.3 is 19.0 Å². The van der Waals surface area contributed by atoms with Gasteiger partial charge in [-0.25, -0.2) is 4.79 Å². The first-order valence-electron chi connectivity index (χ1n) is 7.41. The molecule has 1 aliphatic rings. The molecule has 0 amide bonds. The number of carboxylic acid groups (broad SMARTS) is 1. The molecule has 5 nitrogen and oxygen atoms in total. The van der Waals surface area contributed by atoms with Crippen molar-refractivity contribution in [1.29, 1.82) is 0 Å². The topological polar surface area (TPSA) is 65.0 Å². The molecule has 1 aromatic rings. The zero-order chi connectivity index (χ0) is 16.5. The third kappa shape index (κ3) is 3.62. The van der Waals surface area contributed by atoms with Gasteiger partial charge in [0.1, 0.15) is 6.61 Å². The van der Waals surface area contributed by atoms with E-state index in [9.17, 15) is 4.79 Å². The van der Waals surface area contributed by atoms with E-state index < -0.39 is 14.3 Å². The zero-order valence-electron chi connectivity index (χ0n) is 13.8. The van der Waals surface area contributed by atoms with Gasteiger partial charge in [-0.2, -0.15) is 0 Å². The quantitative estimate of drug-likeness (QED) is 0.858. The van der Waals surface area contributed by atoms with E-state index >= 15 is 0 Å². The van der Waals surface area contributed by atoms with Gasteiger partial charge in [-0.1, -0.05) is 20.8 Å². The van der Waals surface area contributed by atoms with Crippen LogP contribution in [0.2, 0.25) is 18.1 Å². The van der Waals surface area contributed by atoms with Crippen LogP contribution in [0.15, 0.2) is 18.2 Å². The molecule has 0 saturated carbocycles. The average Bonchev–Trinajstić information content (AvgIpc) is 2.43. The number of ether oxygens (including phenoxy) is 2. The van der Waals surface area contributed by atoms with Crippen molar-refractivity contribution >= 4 is 14.3 Å². The summed E-state index contributed by atoms with van der Waals surface area (Å²) in [5.41, 5.74) is 0.193. The normalized spacial score (nSPS) is 18.1. The molecule has 0 spiro atoms. The van der Waals surface area contributed by atoms with E-state index in [1.54, 1.807) is 6.07 Å². The van der Waals surface area contributed by atoms with Gasteiger partial charge >= 0.3 is 5.97 Å². The molecule has 1 aromatic carbocycles. The van der Waals surface area contributed by atoms with Crippen LogP contribution in [0.5, 0.6) is 11.5 Å². The van der Waals surface area contributed by atoms with E-state index in [1.807, 2.05) is 0 Å². The number of hydrogen-bond acceptors (Lipinski definition) is 4. The summed E-state index contributed by atoms with van der Waals surface area (Å²) in [6.07, 6.45) is -0.169. The van der Waals surface area contributed by atoms with Gasteiger partial charge in [-0.15, -0.1) is 0 Å². The molecule has 1 aliphatic heterocycles. The number of carboxylic acids is 1. The number of fused-ring (bicyclic) bond motifs is 1. The lowest BCUT2D eigenvalue weighted by Crippen LogP contribution is -2.45. The monoisotopic (exact) mass is 324 g/mol. The molecular formula is C16H24O5Si. The van der Waals surface area contributed by atoms with Gasteiger partial charge in [0, 0.05) is 0 Å². The van der Waals surface area contributed by atoms with Crippen molar-refractivity contribution in [2.45, 2.75) is 45.0 Å². The van der Waals surface area contributed by atoms with E-state index in [-0.39, 0.29) is 16.7 Å². The molecule has 6 heteroatoms. The third-order valence-corrected chi connectivity index (χ3v) is 8.85. The minimum atomic E-state index is -1.82. The highest BCUT2D eigenvalue weighted by Crippen LogP contribution is 2.37. The fourth-order valence-electron chi connectivity index (χ4n) is 1.85. The maximum absolute atomic E-state index is 10.9. The summed E-state index contributed by atoms with van der Waals surface area (Å²) < 4.78 is 17.6. The van der Waals surface area contributed by atoms with Crippen LogP contribution in [0.4, 0.5) is 0 Å². The Balaban J connectivity index is 2.00. The van der Waals surface area contributed by atoms with E-state index in [0.717, 1.165) is 0 Å². The summed E-state index contributed by atoms with van der Waals surface area (Å²) >= 11 is 0. The summed E-state index contributed by atoms with van der Waals surface area (Å²) in [5, 5.41) is 9.13. The molecule has 22 heavy (non-hydrogen) atoms. The Kier molecular flexibility index (Phi) is 4.53. The molecule has 1 heterocycles. The lowest BCUT2D eigenvalue weighted by Gasteiger charge is -2.37. The highest BCUT2D eigenvalue weighted by atomic mass is 28.4. The highest BCUT2D eigenvalue weighted by molar-refractivity contribution is 6.74. The fourth-order valence-corrected chi connectivity index (χ4v) is 2.88. The Morgan fingerprint density at radius 3 is 2.64 bits per heavy atom. The van der Waals surface area contributed by atoms with E-state index in [4.69, 9.17) is 19.0 Å². The van der Waals surface area contributed by atoms with Gasteiger partial charge in [0.05, 0.1) is 12.2 Å². The first kappa shape index (κ1) is 16.8. The Morgan fingerprint density at radius 1 is 1.36 bits per heavy atom. The Labute approximate surface area is 132 Å². The summed E-state index contributed by atoms with van der Waals surface area (Å²) in [5.74, 6) is 0.0679. The molecule has 0 aromatic heterocycles. The largest absolute Gasteiger partial charge is 0.486 e. The third-order valence-electron chi connectivity index (χ3n) is 4.35. The van der Waals surface area contributed by atoms with E-state index in [1.165, 1.54) is 12.1 Å². The van der Waals surface area contributed by atoms with E-state index in [2.05, 4.69) is 33.9 Å². The van der Waals surface area contributed by atoms with Crippen molar-refractivity contribution < 1.29 is 23.8 Å². The summed E-state index contributed by atoms with van der Waals surface area (Å²) in [6, 6.07) is 4.64. The highest BCUT2D eigenvalue weighted by Gasteiger charge is 2.38. The van der Waals surface area contributed by atoms with Crippen LogP contribution in [-0.4, -0.2) is 38.7 Å². The van der Waals surface area contributed by atoms with Gasteiger partial charge in [-0.05, 0) is 36.3 Å². The average molecular weight is 324 g/mol. The maximum atomic E-state index is 10.9. The second-order valence-electron chi connectivity index (χ2n) is 7.09. The Hall–Kier alpha value is -1.53. The lowest BCUT2D eigenvalue weighted by molar-refractivity contribution is 0.0488. The molecule has 1 atom stereocenters. The van der Waals surface area contributed by atoms with Crippen molar-refractivity contribution in [3.8, 4) is 11.5 Å². The second-order valence-corrected chi connectivity index (χ2v) is 11.9. The Bertz CT molecular complexity index is 562. The molecular weight excluding hydrogens is 300 g/mol. The predicted octanol–water partition coefficient (Wildman–Crippen LogP) is 3.55. The standard InChI is InChI=1S/C16H24O5Si/c1-16(2,3)22(4,5)20-10-12-9-19-14-8-11(15(17)18)6-7-13(14)21-12/h6-8,12H,9-10H2,1-5H3,(H,17,18). The molecule has 1 unspecified atom stereocenters. The van der Waals surface area contributed by atoms with Gasteiger partial charge in [0.15, 0.2) is 25.9 Å². The van der Waals surface area contributed by atoms with Crippen molar-refractivity contribution in [1.82, 2.24) is 0 Å². The molecule has 0 aliphatic carbocycles. The summed E-state index contributed by atoms with van der Waals surface area (Å²) in [6.45, 7) is 11.8. The van der Waals surface area contributed by atoms with Gasteiger partial charge in [-0.3, -0.25) is 0 Å². The number of hydrogen-bond donors (Lipinski definition) is 1. The molecule has 0 fully saturated rings. The molecule has 0 saturated heterocycles. The molecule has 0 bridgehead atoms. The number of rotatable bonds is 4. The minimum Gasteiger partial charge on any atom is -0.486 e. The van der Waals surface area contributed by atoms with Crippen LogP contribution in [0.1, 0.15) is 31.1 Å². The van der Waals surface area contributed by atoms with Gasteiger partial charge in [0.25, 0.3) is 0 Å². The minimum absolute atomic E-state index is 0.150. The van der Waals surface area contributed by atoms with Crippen LogP contribution < -0.4 is 9.47 Å². The van der Waals surface area contributed by atoms with Crippen molar-refractivity contribution in [3.05, 3.63) is 23.8 Å². The van der Waals surface area contributed by atoms with Crippen LogP contribution in [0.25, 0.3) is 0 Å². The lowest BCUT2D eigenvalue weighted by atomic mass is 10.2. The van der Waals surface area contributed by atoms with Crippen molar-refractivity contribution in [3.63, 3.8) is 0 Å². The second kappa shape index (κ2) is 5.93. The van der Waals surface area contributed by atoms with Crippen LogP contribution in [0.3, 0.4) is 0 Å². The first-order chi connectivity index (χ1) is 10.1. The zero-order valence-corrected chi connectivity index (χ0v) is 14.8. The van der Waals surface area contributed by atoms with Crippen molar-refractivity contribution in [2.24, 2.45) is 0 Å². The molecule has 1 N–H and O–H groups in total. The van der Waals surface area contributed by atoms with Crippen LogP contribution >= 0.6 is 0 Å². The smallest absolute Gasteiger partial charge is 0.335 e. The van der Waals surface area contributed by atoms with E-state index in [0.29, 0.717) is 24.7 Å². The van der Waals surface area contributed by atoms with Crippen LogP contribution in [0, 0.1) is 0 Å². The fraction of sp³-hybridized carbons (Fsp3) is 0.562. The summed E-state index contributed by atoms with van der Waals surface area (Å²) in [7, 11) is -1.82.